The van der Waals surface area contributed by atoms with Crippen molar-refractivity contribution in [1.29, 1.82) is 0 Å². The summed E-state index contributed by atoms with van der Waals surface area (Å²) in [7, 11) is 0. The van der Waals surface area contributed by atoms with E-state index in [1.165, 1.54) is 30.0 Å². The molecule has 0 aromatic heterocycles. The molecule has 5 atom stereocenters. The van der Waals surface area contributed by atoms with Crippen LogP contribution in [-0.2, 0) is 4.74 Å². The summed E-state index contributed by atoms with van der Waals surface area (Å²) in [5, 5.41) is 26.1. The van der Waals surface area contributed by atoms with Crippen LogP contribution in [0, 0.1) is 26.1 Å². The van der Waals surface area contributed by atoms with Crippen molar-refractivity contribution < 1.29 is 19.4 Å². The minimum atomic E-state index is -0.424. The molecular formula is C29H27ClN4O6S. The van der Waals surface area contributed by atoms with Gasteiger partial charge in [0.25, 0.3) is 17.3 Å². The van der Waals surface area contributed by atoms with Crippen LogP contribution >= 0.6 is 23.4 Å². The van der Waals surface area contributed by atoms with Crippen molar-refractivity contribution in [2.75, 3.05) is 31.6 Å². The Hall–Kier alpha value is -3.67. The van der Waals surface area contributed by atoms with Crippen LogP contribution in [0.2, 0.25) is 0 Å². The van der Waals surface area contributed by atoms with Gasteiger partial charge in [-0.25, -0.2) is 0 Å². The molecule has 1 aliphatic carbocycles. The number of nitrogens with zero attached hydrogens (tertiary/aromatic N) is 3. The number of amides is 1. The number of nitro benzene ring substituents is 2. The van der Waals surface area contributed by atoms with E-state index in [0.717, 1.165) is 16.8 Å². The second-order valence-electron chi connectivity index (χ2n) is 10.4. The number of nitrogens with one attached hydrogen (secondary N) is 1. The molecule has 12 heteroatoms. The van der Waals surface area contributed by atoms with Crippen molar-refractivity contribution in [3.63, 3.8) is 0 Å². The van der Waals surface area contributed by atoms with Crippen molar-refractivity contribution in [1.82, 2.24) is 4.90 Å². The third-order valence-corrected chi connectivity index (χ3v) is 10.3. The summed E-state index contributed by atoms with van der Waals surface area (Å²) in [5.41, 5.74) is 3.33. The third kappa shape index (κ3) is 5.25. The van der Waals surface area contributed by atoms with Gasteiger partial charge in [0.2, 0.25) is 0 Å². The maximum Gasteiger partial charge on any atom is 0.282 e. The lowest BCUT2D eigenvalue weighted by atomic mass is 9.76. The van der Waals surface area contributed by atoms with Gasteiger partial charge in [0, 0.05) is 53.7 Å². The van der Waals surface area contributed by atoms with E-state index in [4.69, 9.17) is 16.3 Å². The van der Waals surface area contributed by atoms with E-state index in [0.29, 0.717) is 43.2 Å². The molecule has 2 aliphatic heterocycles. The number of alkyl halides is 1. The molecule has 3 aromatic carbocycles. The summed E-state index contributed by atoms with van der Waals surface area (Å²) in [4.78, 5) is 37.8. The van der Waals surface area contributed by atoms with Crippen LogP contribution in [0.4, 0.5) is 17.1 Å². The van der Waals surface area contributed by atoms with Crippen molar-refractivity contribution in [3.8, 4) is 0 Å². The van der Waals surface area contributed by atoms with Gasteiger partial charge in [0.15, 0.2) is 0 Å². The molecule has 6 rings (SSSR count). The summed E-state index contributed by atoms with van der Waals surface area (Å²) in [6, 6.07) is 18.6. The van der Waals surface area contributed by atoms with Gasteiger partial charge in [0.1, 0.15) is 0 Å². The molecule has 0 radical (unpaired) electrons. The van der Waals surface area contributed by atoms with Gasteiger partial charge in [-0.3, -0.25) is 25.0 Å². The first-order valence-electron chi connectivity index (χ1n) is 13.4. The number of para-hydroxylation sites is 1. The topological polar surface area (TPSA) is 128 Å². The first kappa shape index (κ1) is 27.5. The Morgan fingerprint density at radius 1 is 1.00 bits per heavy atom. The van der Waals surface area contributed by atoms with Crippen LogP contribution < -0.4 is 5.32 Å². The number of thioether (sulfide) groups is 1. The number of ether oxygens (including phenoxy) is 1. The van der Waals surface area contributed by atoms with Gasteiger partial charge in [-0.15, -0.1) is 23.4 Å². The van der Waals surface area contributed by atoms with Crippen LogP contribution in [0.3, 0.4) is 0 Å². The number of rotatable bonds is 6. The highest BCUT2D eigenvalue weighted by atomic mass is 35.5. The zero-order valence-electron chi connectivity index (χ0n) is 21.9. The average molecular weight is 595 g/mol. The summed E-state index contributed by atoms with van der Waals surface area (Å²) in [5.74, 6) is -0.216. The summed E-state index contributed by atoms with van der Waals surface area (Å²) >= 11 is 8.65. The lowest BCUT2D eigenvalue weighted by molar-refractivity contribution is -0.387. The summed E-state index contributed by atoms with van der Waals surface area (Å²) in [6.07, 6.45) is 0.658. The Morgan fingerprint density at radius 3 is 2.44 bits per heavy atom. The van der Waals surface area contributed by atoms with Gasteiger partial charge in [0.05, 0.1) is 39.4 Å². The number of fused-ring (bicyclic) bond motifs is 3. The number of carbonyl (C=O) groups is 1. The van der Waals surface area contributed by atoms with E-state index in [1.54, 1.807) is 35.2 Å². The Kier molecular flexibility index (Phi) is 7.58. The number of hydrogen-bond acceptors (Lipinski definition) is 8. The number of non-ortho nitro benzene ring substituents is 1. The van der Waals surface area contributed by atoms with Crippen molar-refractivity contribution in [3.05, 3.63) is 104 Å². The molecule has 1 saturated heterocycles. The van der Waals surface area contributed by atoms with Gasteiger partial charge in [-0.1, -0.05) is 24.3 Å². The molecule has 0 unspecified atom stereocenters. The molecule has 2 fully saturated rings. The molecule has 212 valence electrons. The Morgan fingerprint density at radius 2 is 1.73 bits per heavy atom. The predicted octanol–water partition coefficient (Wildman–Crippen LogP) is 6.01. The van der Waals surface area contributed by atoms with E-state index in [-0.39, 0.29) is 50.7 Å². The zero-order valence-corrected chi connectivity index (χ0v) is 23.4. The maximum absolute atomic E-state index is 13.3. The normalized spacial score (nSPS) is 25.1. The smallest absolute Gasteiger partial charge is 0.282 e. The largest absolute Gasteiger partial charge is 0.378 e. The molecule has 41 heavy (non-hydrogen) atoms. The molecule has 3 aliphatic rings. The Labute approximate surface area is 245 Å². The van der Waals surface area contributed by atoms with Crippen LogP contribution in [0.5, 0.6) is 0 Å². The number of carbonyl (C=O) groups excluding carboxylic acids is 1. The Balaban J connectivity index is 1.37. The van der Waals surface area contributed by atoms with Crippen LogP contribution in [-0.4, -0.2) is 57.6 Å². The van der Waals surface area contributed by atoms with E-state index in [9.17, 15) is 25.0 Å². The zero-order chi connectivity index (χ0) is 28.7. The highest BCUT2D eigenvalue weighted by Gasteiger charge is 2.50. The fourth-order valence-electron chi connectivity index (χ4n) is 6.20. The van der Waals surface area contributed by atoms with E-state index in [2.05, 4.69) is 5.32 Å². The molecule has 1 saturated carbocycles. The van der Waals surface area contributed by atoms with Crippen molar-refractivity contribution >= 4 is 46.3 Å². The lowest BCUT2D eigenvalue weighted by Gasteiger charge is -2.38. The summed E-state index contributed by atoms with van der Waals surface area (Å²) < 4.78 is 5.40. The van der Waals surface area contributed by atoms with Gasteiger partial charge < -0.3 is 15.0 Å². The number of morpholine rings is 1. The third-order valence-electron chi connectivity index (χ3n) is 8.16. The molecular weight excluding hydrogens is 568 g/mol. The number of nitro groups is 2. The quantitative estimate of drug-likeness (QED) is 0.209. The highest BCUT2D eigenvalue weighted by molar-refractivity contribution is 8.00. The first-order valence-corrected chi connectivity index (χ1v) is 14.7. The average Bonchev–Trinajstić information content (AvgIpc) is 3.32. The molecule has 1 N–H and O–H groups in total. The van der Waals surface area contributed by atoms with Crippen LogP contribution in [0.25, 0.3) is 0 Å². The maximum atomic E-state index is 13.3. The minimum Gasteiger partial charge on any atom is -0.378 e. The second-order valence-corrected chi connectivity index (χ2v) is 12.2. The van der Waals surface area contributed by atoms with Crippen LogP contribution in [0.1, 0.15) is 39.9 Å². The molecule has 1 amide bonds. The minimum absolute atomic E-state index is 0.0132. The van der Waals surface area contributed by atoms with E-state index in [1.807, 2.05) is 18.2 Å². The fraction of sp³-hybridized carbons (Fsp3) is 0.345. The van der Waals surface area contributed by atoms with Crippen molar-refractivity contribution in [2.24, 2.45) is 5.92 Å². The highest BCUT2D eigenvalue weighted by Crippen LogP contribution is 2.58. The fourth-order valence-corrected chi connectivity index (χ4v) is 8.15. The Bertz CT molecular complexity index is 1500. The molecule has 3 aromatic rings. The van der Waals surface area contributed by atoms with Gasteiger partial charge in [-0.05, 0) is 47.7 Å². The number of hydrogen-bond donors (Lipinski definition) is 1. The van der Waals surface area contributed by atoms with Gasteiger partial charge in [-0.2, -0.15) is 0 Å². The first-order chi connectivity index (χ1) is 19.8. The standard InChI is InChI=1S/C29H27ClN4O6S/c30-27-25(41-24-4-2-1-3-23(24)34(38)39)16-21-26(27)20-15-18(29(35)32-11-13-40-14-12-32)7-10-22(20)31-28(21)17-5-8-19(9-6-17)33(36)37/h1-10,15,21,25-28,31H,11-14,16H2/t21-,25-,26+,27-,28-/m1/s1. The molecule has 0 bridgehead atoms. The molecule has 0 spiro atoms. The monoisotopic (exact) mass is 594 g/mol. The number of halogens is 1. The SMILES string of the molecule is O=C(c1ccc2c(c1)[C@@H]1[C@H](Cl)[C@H](Sc3ccccc3[N+](=O)[O-])C[C@H]1[C@@H](c1ccc([N+](=O)[O-])cc1)N2)N1CCOCC1. The van der Waals surface area contributed by atoms with Crippen molar-refractivity contribution in [2.45, 2.75) is 33.9 Å². The number of anilines is 1. The van der Waals surface area contributed by atoms with Crippen LogP contribution in [0.15, 0.2) is 71.6 Å². The van der Waals surface area contributed by atoms with E-state index < -0.39 is 4.92 Å². The molecule has 2 heterocycles. The predicted molar refractivity (Wildman–Crippen MR) is 156 cm³/mol. The van der Waals surface area contributed by atoms with Gasteiger partial charge >= 0.3 is 0 Å². The lowest BCUT2D eigenvalue weighted by Crippen LogP contribution is -2.40. The van der Waals surface area contributed by atoms with E-state index >= 15 is 0 Å². The number of benzene rings is 3. The summed E-state index contributed by atoms with van der Waals surface area (Å²) in [6.45, 7) is 2.09. The molecule has 10 nitrogen and oxygen atoms in total. The second kappa shape index (κ2) is 11.3.